The Bertz CT molecular complexity index is 878. The van der Waals surface area contributed by atoms with Gasteiger partial charge in [-0.05, 0) is 58.7 Å². The number of benzene rings is 2. The first-order chi connectivity index (χ1) is 11.6. The maximum atomic E-state index is 12.8. The number of carbonyl (C=O) groups is 1. The van der Waals surface area contributed by atoms with Gasteiger partial charge in [-0.3, -0.25) is 4.79 Å². The molecule has 0 saturated heterocycles. The summed E-state index contributed by atoms with van der Waals surface area (Å²) in [4.78, 5) is 14.7. The van der Waals surface area contributed by atoms with Crippen LogP contribution in [0.5, 0.6) is 5.75 Å². The third kappa shape index (κ3) is 4.41. The smallest absolute Gasteiger partial charge is 0.255 e. The first kappa shape index (κ1) is 19.5. The Morgan fingerprint density at radius 2 is 1.76 bits per heavy atom. The third-order valence-corrected chi connectivity index (χ3v) is 5.92. The Morgan fingerprint density at radius 1 is 1.16 bits per heavy atom. The molecule has 0 heterocycles. The van der Waals surface area contributed by atoms with Crippen LogP contribution in [0.15, 0.2) is 51.8 Å². The lowest BCUT2D eigenvalue weighted by molar-refractivity contribution is 0.0741. The molecular formula is C18H20BrNO4S. The minimum atomic E-state index is -3.24. The summed E-state index contributed by atoms with van der Waals surface area (Å²) in [5.41, 5.74) is 1.35. The summed E-state index contributed by atoms with van der Waals surface area (Å²) in [6.07, 6.45) is 1.17. The fourth-order valence-corrected chi connectivity index (χ4v) is 3.42. The minimum absolute atomic E-state index is 0.162. The van der Waals surface area contributed by atoms with Crippen molar-refractivity contribution in [1.29, 1.82) is 0 Å². The molecule has 2 aromatic carbocycles. The Balaban J connectivity index is 2.27. The summed E-state index contributed by atoms with van der Waals surface area (Å²) in [5.74, 6) is 0.440. The van der Waals surface area contributed by atoms with E-state index >= 15 is 0 Å². The minimum Gasteiger partial charge on any atom is -0.497 e. The second-order valence-electron chi connectivity index (χ2n) is 5.78. The quantitative estimate of drug-likeness (QED) is 0.732. The molecule has 7 heteroatoms. The van der Waals surface area contributed by atoms with Gasteiger partial charge in [0.05, 0.1) is 23.6 Å². The Morgan fingerprint density at radius 3 is 2.28 bits per heavy atom. The van der Waals surface area contributed by atoms with Crippen molar-refractivity contribution in [3.05, 3.63) is 58.1 Å². The van der Waals surface area contributed by atoms with Gasteiger partial charge in [0.2, 0.25) is 0 Å². The summed E-state index contributed by atoms with van der Waals surface area (Å²) in [7, 11) is 0.0217. The lowest BCUT2D eigenvalue weighted by Crippen LogP contribution is -2.30. The fraction of sp³-hybridized carbons (Fsp3) is 0.278. The maximum absolute atomic E-state index is 12.8. The number of ether oxygens (including phenoxy) is 1. The molecule has 134 valence electrons. The first-order valence-electron chi connectivity index (χ1n) is 7.56. The van der Waals surface area contributed by atoms with Crippen molar-refractivity contribution >= 4 is 31.7 Å². The van der Waals surface area contributed by atoms with Gasteiger partial charge in [-0.25, -0.2) is 8.42 Å². The zero-order chi connectivity index (χ0) is 18.8. The average molecular weight is 426 g/mol. The normalized spacial score (nSPS) is 12.5. The van der Waals surface area contributed by atoms with Gasteiger partial charge in [0.25, 0.3) is 5.91 Å². The van der Waals surface area contributed by atoms with Gasteiger partial charge in [-0.1, -0.05) is 12.1 Å². The van der Waals surface area contributed by atoms with Crippen LogP contribution in [0.4, 0.5) is 0 Å². The third-order valence-electron chi connectivity index (χ3n) is 4.10. The number of carbonyl (C=O) groups excluding carboxylic acids is 1. The SMILES string of the molecule is COc1ccc(Br)c(C(=O)N(C)C(C)c2ccc(S(C)(=O)=O)cc2)c1. The van der Waals surface area contributed by atoms with Crippen LogP contribution in [-0.4, -0.2) is 39.6 Å². The molecular weight excluding hydrogens is 406 g/mol. The zero-order valence-corrected chi connectivity index (χ0v) is 16.9. The summed E-state index contributed by atoms with van der Waals surface area (Å²) < 4.78 is 29.0. The van der Waals surface area contributed by atoms with E-state index < -0.39 is 9.84 Å². The van der Waals surface area contributed by atoms with Gasteiger partial charge < -0.3 is 9.64 Å². The summed E-state index contributed by atoms with van der Waals surface area (Å²) >= 11 is 3.40. The van der Waals surface area contributed by atoms with E-state index in [1.54, 1.807) is 61.5 Å². The second-order valence-corrected chi connectivity index (χ2v) is 8.65. The van der Waals surface area contributed by atoms with E-state index in [1.165, 1.54) is 6.26 Å². The van der Waals surface area contributed by atoms with Crippen LogP contribution in [0.25, 0.3) is 0 Å². The molecule has 0 spiro atoms. The van der Waals surface area contributed by atoms with Crippen molar-refractivity contribution in [2.24, 2.45) is 0 Å². The molecule has 0 radical (unpaired) electrons. The molecule has 25 heavy (non-hydrogen) atoms. The highest BCUT2D eigenvalue weighted by molar-refractivity contribution is 9.10. The van der Waals surface area contributed by atoms with E-state index in [1.807, 2.05) is 6.92 Å². The van der Waals surface area contributed by atoms with E-state index in [0.717, 1.165) is 5.56 Å². The largest absolute Gasteiger partial charge is 0.497 e. The predicted octanol–water partition coefficient (Wildman–Crippen LogP) is 3.69. The van der Waals surface area contributed by atoms with Crippen LogP contribution in [0.2, 0.25) is 0 Å². The molecule has 1 atom stereocenters. The number of sulfone groups is 1. The molecule has 0 aromatic heterocycles. The van der Waals surface area contributed by atoms with Crippen LogP contribution in [0.3, 0.4) is 0 Å². The fourth-order valence-electron chi connectivity index (χ4n) is 2.38. The number of rotatable bonds is 5. The second kappa shape index (κ2) is 7.58. The Hall–Kier alpha value is -1.86. The molecule has 0 aliphatic heterocycles. The average Bonchev–Trinajstić information content (AvgIpc) is 2.59. The van der Waals surface area contributed by atoms with Crippen molar-refractivity contribution in [2.45, 2.75) is 17.9 Å². The summed E-state index contributed by atoms with van der Waals surface area (Å²) in [6.45, 7) is 1.89. The highest BCUT2D eigenvalue weighted by atomic mass is 79.9. The monoisotopic (exact) mass is 425 g/mol. The topological polar surface area (TPSA) is 63.7 Å². The number of amides is 1. The molecule has 1 amide bonds. The standard InChI is InChI=1S/C18H20BrNO4S/c1-12(13-5-8-15(9-6-13)25(4,22)23)20(2)18(21)16-11-14(24-3)7-10-17(16)19/h5-12H,1-4H3. The Kier molecular flexibility index (Phi) is 5.90. The summed E-state index contributed by atoms with van der Waals surface area (Å²) in [5, 5.41) is 0. The summed E-state index contributed by atoms with van der Waals surface area (Å²) in [6, 6.07) is 11.6. The van der Waals surface area contributed by atoms with E-state index in [0.29, 0.717) is 15.8 Å². The highest BCUT2D eigenvalue weighted by Crippen LogP contribution is 2.27. The molecule has 0 N–H and O–H groups in total. The van der Waals surface area contributed by atoms with Crippen molar-refractivity contribution in [2.75, 3.05) is 20.4 Å². The van der Waals surface area contributed by atoms with E-state index in [2.05, 4.69) is 15.9 Å². The van der Waals surface area contributed by atoms with Crippen LogP contribution < -0.4 is 4.74 Å². The van der Waals surface area contributed by atoms with Crippen LogP contribution in [0.1, 0.15) is 28.9 Å². The molecule has 1 unspecified atom stereocenters. The lowest BCUT2D eigenvalue weighted by Gasteiger charge is -2.26. The number of hydrogen-bond donors (Lipinski definition) is 0. The zero-order valence-electron chi connectivity index (χ0n) is 14.5. The van der Waals surface area contributed by atoms with Crippen molar-refractivity contribution < 1.29 is 17.9 Å². The highest BCUT2D eigenvalue weighted by Gasteiger charge is 2.21. The van der Waals surface area contributed by atoms with Gasteiger partial charge in [0.1, 0.15) is 5.75 Å². The predicted molar refractivity (Wildman–Crippen MR) is 101 cm³/mol. The number of halogens is 1. The first-order valence-corrected chi connectivity index (χ1v) is 10.2. The van der Waals surface area contributed by atoms with Crippen molar-refractivity contribution in [1.82, 2.24) is 4.90 Å². The van der Waals surface area contributed by atoms with Crippen molar-refractivity contribution in [3.8, 4) is 5.75 Å². The van der Waals surface area contributed by atoms with Crippen LogP contribution >= 0.6 is 15.9 Å². The van der Waals surface area contributed by atoms with E-state index in [4.69, 9.17) is 4.74 Å². The molecule has 0 aliphatic rings. The molecule has 0 saturated carbocycles. The van der Waals surface area contributed by atoms with Crippen LogP contribution in [0, 0.1) is 0 Å². The molecule has 0 fully saturated rings. The number of nitrogens with zero attached hydrogens (tertiary/aromatic N) is 1. The lowest BCUT2D eigenvalue weighted by atomic mass is 10.1. The van der Waals surface area contributed by atoms with E-state index in [-0.39, 0.29) is 16.8 Å². The van der Waals surface area contributed by atoms with Gasteiger partial charge in [-0.2, -0.15) is 0 Å². The molecule has 5 nitrogen and oxygen atoms in total. The number of hydrogen-bond acceptors (Lipinski definition) is 4. The van der Waals surface area contributed by atoms with Crippen molar-refractivity contribution in [3.63, 3.8) is 0 Å². The van der Waals surface area contributed by atoms with Gasteiger partial charge in [-0.15, -0.1) is 0 Å². The number of methoxy groups -OCH3 is 1. The van der Waals surface area contributed by atoms with Crippen LogP contribution in [-0.2, 0) is 9.84 Å². The van der Waals surface area contributed by atoms with Gasteiger partial charge in [0, 0.05) is 17.8 Å². The molecule has 0 bridgehead atoms. The van der Waals surface area contributed by atoms with E-state index in [9.17, 15) is 13.2 Å². The maximum Gasteiger partial charge on any atom is 0.255 e. The molecule has 2 rings (SSSR count). The molecule has 0 aliphatic carbocycles. The van der Waals surface area contributed by atoms with Gasteiger partial charge >= 0.3 is 0 Å². The Labute approximate surface area is 156 Å². The van der Waals surface area contributed by atoms with Gasteiger partial charge in [0.15, 0.2) is 9.84 Å². The molecule has 2 aromatic rings.